The van der Waals surface area contributed by atoms with Crippen molar-refractivity contribution < 1.29 is 23.1 Å². The van der Waals surface area contributed by atoms with Gasteiger partial charge in [0.25, 0.3) is 0 Å². The molecule has 0 aliphatic heterocycles. The van der Waals surface area contributed by atoms with Gasteiger partial charge < -0.3 is 10.4 Å². The van der Waals surface area contributed by atoms with E-state index in [9.17, 15) is 18.0 Å². The van der Waals surface area contributed by atoms with Crippen molar-refractivity contribution in [3.63, 3.8) is 0 Å². The van der Waals surface area contributed by atoms with Crippen molar-refractivity contribution in [3.8, 4) is 0 Å². The molecule has 1 aromatic carbocycles. The highest BCUT2D eigenvalue weighted by molar-refractivity contribution is 7.89. The van der Waals surface area contributed by atoms with E-state index >= 15 is 0 Å². The summed E-state index contributed by atoms with van der Waals surface area (Å²) < 4.78 is 26.1. The first-order valence-electron chi connectivity index (χ1n) is 7.83. The minimum atomic E-state index is -3.49. The first-order valence-corrected chi connectivity index (χ1v) is 9.27. The molecule has 1 amide bonds. The number of carbonyl (C=O) groups excluding carboxylic acids is 1. The van der Waals surface area contributed by atoms with Crippen molar-refractivity contribution in [1.29, 1.82) is 0 Å². The van der Waals surface area contributed by atoms with Crippen LogP contribution in [0.15, 0.2) is 29.2 Å². The summed E-state index contributed by atoms with van der Waals surface area (Å²) >= 11 is 0. The van der Waals surface area contributed by atoms with Crippen LogP contribution < -0.4 is 5.32 Å². The normalized spacial score (nSPS) is 12.8. The number of hydrogen-bond acceptors (Lipinski definition) is 4. The van der Waals surface area contributed by atoms with E-state index in [-0.39, 0.29) is 17.2 Å². The maximum Gasteiger partial charge on any atom is 0.325 e. The zero-order valence-electron chi connectivity index (χ0n) is 14.2. The fourth-order valence-corrected chi connectivity index (χ4v) is 3.63. The van der Waals surface area contributed by atoms with E-state index in [4.69, 9.17) is 5.11 Å². The van der Waals surface area contributed by atoms with E-state index in [0.717, 1.165) is 5.56 Å². The Labute approximate surface area is 142 Å². The molecule has 0 saturated carbocycles. The third-order valence-electron chi connectivity index (χ3n) is 3.66. The fraction of sp³-hybridized carbons (Fsp3) is 0.500. The molecule has 1 rings (SSSR count). The SMILES string of the molecule is CCN(CC)S(=O)(=O)c1ccc(CCC(=O)N[C@@H](C)C(=O)O)cc1. The second-order valence-electron chi connectivity index (χ2n) is 5.36. The Bertz CT molecular complexity index is 666. The Hall–Kier alpha value is -1.93. The van der Waals surface area contributed by atoms with E-state index < -0.39 is 22.0 Å². The van der Waals surface area contributed by atoms with Gasteiger partial charge in [-0.25, -0.2) is 8.42 Å². The number of nitrogens with zero attached hydrogens (tertiary/aromatic N) is 1. The van der Waals surface area contributed by atoms with E-state index in [1.807, 2.05) is 0 Å². The number of hydrogen-bond donors (Lipinski definition) is 2. The zero-order chi connectivity index (χ0) is 18.3. The first kappa shape index (κ1) is 20.1. The van der Waals surface area contributed by atoms with Gasteiger partial charge in [-0.2, -0.15) is 4.31 Å². The molecular weight excluding hydrogens is 332 g/mol. The van der Waals surface area contributed by atoms with Crippen molar-refractivity contribution in [3.05, 3.63) is 29.8 Å². The number of nitrogens with one attached hydrogen (secondary N) is 1. The van der Waals surface area contributed by atoms with Gasteiger partial charge in [0.1, 0.15) is 6.04 Å². The van der Waals surface area contributed by atoms with Gasteiger partial charge in [0.2, 0.25) is 15.9 Å². The van der Waals surface area contributed by atoms with Gasteiger partial charge in [-0.1, -0.05) is 26.0 Å². The number of benzene rings is 1. The molecular formula is C16H24N2O5S. The van der Waals surface area contributed by atoms with Crippen molar-refractivity contribution in [2.45, 2.75) is 44.6 Å². The van der Waals surface area contributed by atoms with E-state index in [2.05, 4.69) is 5.32 Å². The van der Waals surface area contributed by atoms with E-state index in [1.165, 1.54) is 23.4 Å². The number of rotatable bonds is 9. The smallest absolute Gasteiger partial charge is 0.325 e. The molecule has 0 fully saturated rings. The number of sulfonamides is 1. The zero-order valence-corrected chi connectivity index (χ0v) is 15.0. The van der Waals surface area contributed by atoms with Gasteiger partial charge in [-0.05, 0) is 31.0 Å². The summed E-state index contributed by atoms with van der Waals surface area (Å²) in [6.45, 7) is 5.77. The second-order valence-corrected chi connectivity index (χ2v) is 7.30. The average Bonchev–Trinajstić information content (AvgIpc) is 2.54. The second kappa shape index (κ2) is 8.79. The van der Waals surface area contributed by atoms with Gasteiger partial charge in [-0.3, -0.25) is 9.59 Å². The molecule has 134 valence electrons. The topological polar surface area (TPSA) is 104 Å². The molecule has 0 radical (unpaired) electrons. The first-order chi connectivity index (χ1) is 11.2. The van der Waals surface area contributed by atoms with Crippen LogP contribution in [0.4, 0.5) is 0 Å². The third-order valence-corrected chi connectivity index (χ3v) is 5.72. The Balaban J connectivity index is 2.69. The number of aryl methyl sites for hydroxylation is 1. The lowest BCUT2D eigenvalue weighted by Crippen LogP contribution is -2.38. The van der Waals surface area contributed by atoms with Crippen molar-refractivity contribution in [1.82, 2.24) is 9.62 Å². The maximum atomic E-state index is 12.4. The summed E-state index contributed by atoms with van der Waals surface area (Å²) in [6, 6.07) is 5.47. The monoisotopic (exact) mass is 356 g/mol. The Morgan fingerprint density at radius 1 is 1.17 bits per heavy atom. The number of amides is 1. The van der Waals surface area contributed by atoms with Crippen LogP contribution in [-0.4, -0.2) is 48.8 Å². The Morgan fingerprint density at radius 2 is 1.71 bits per heavy atom. The number of carbonyl (C=O) groups is 2. The molecule has 0 spiro atoms. The van der Waals surface area contributed by atoms with Crippen LogP contribution in [0.5, 0.6) is 0 Å². The van der Waals surface area contributed by atoms with Crippen LogP contribution in [0.3, 0.4) is 0 Å². The van der Waals surface area contributed by atoms with Gasteiger partial charge in [0.05, 0.1) is 4.90 Å². The largest absolute Gasteiger partial charge is 0.480 e. The number of aliphatic carboxylic acids is 1. The summed E-state index contributed by atoms with van der Waals surface area (Å²) in [5.41, 5.74) is 0.812. The lowest BCUT2D eigenvalue weighted by atomic mass is 10.1. The van der Waals surface area contributed by atoms with E-state index in [0.29, 0.717) is 19.5 Å². The van der Waals surface area contributed by atoms with Gasteiger partial charge in [0.15, 0.2) is 0 Å². The van der Waals surface area contributed by atoms with Crippen LogP contribution in [0.1, 0.15) is 32.8 Å². The van der Waals surface area contributed by atoms with E-state index in [1.54, 1.807) is 26.0 Å². The van der Waals surface area contributed by atoms with Crippen molar-refractivity contribution in [2.24, 2.45) is 0 Å². The molecule has 0 heterocycles. The lowest BCUT2D eigenvalue weighted by Gasteiger charge is -2.18. The maximum absolute atomic E-state index is 12.4. The molecule has 0 aliphatic rings. The molecule has 0 unspecified atom stereocenters. The molecule has 24 heavy (non-hydrogen) atoms. The van der Waals surface area contributed by atoms with Crippen LogP contribution in [0, 0.1) is 0 Å². The minimum absolute atomic E-state index is 0.139. The average molecular weight is 356 g/mol. The molecule has 0 aliphatic carbocycles. The third kappa shape index (κ3) is 5.31. The quantitative estimate of drug-likeness (QED) is 0.693. The summed E-state index contributed by atoms with van der Waals surface area (Å²) in [5, 5.41) is 11.1. The Kier molecular flexibility index (Phi) is 7.37. The van der Waals surface area contributed by atoms with Gasteiger partial charge in [0, 0.05) is 19.5 Å². The number of carboxylic acid groups (broad SMARTS) is 1. The Morgan fingerprint density at radius 3 is 2.17 bits per heavy atom. The summed E-state index contributed by atoms with van der Waals surface area (Å²) in [4.78, 5) is 22.5. The molecule has 2 N–H and O–H groups in total. The predicted octanol–water partition coefficient (Wildman–Crippen LogP) is 1.24. The fourth-order valence-electron chi connectivity index (χ4n) is 2.17. The standard InChI is InChI=1S/C16H24N2O5S/c1-4-18(5-2)24(22,23)14-9-6-13(7-10-14)8-11-15(19)17-12(3)16(20)21/h6-7,9-10,12H,4-5,8,11H2,1-3H3,(H,17,19)(H,20,21)/t12-/m0/s1. The van der Waals surface area contributed by atoms with Crippen LogP contribution >= 0.6 is 0 Å². The van der Waals surface area contributed by atoms with Crippen molar-refractivity contribution >= 4 is 21.9 Å². The molecule has 0 bridgehead atoms. The molecule has 1 atom stereocenters. The summed E-state index contributed by atoms with van der Waals surface area (Å²) in [5.74, 6) is -1.45. The molecule has 7 nitrogen and oxygen atoms in total. The van der Waals surface area contributed by atoms with Gasteiger partial charge >= 0.3 is 5.97 Å². The van der Waals surface area contributed by atoms with Crippen LogP contribution in [0.2, 0.25) is 0 Å². The van der Waals surface area contributed by atoms with Crippen LogP contribution in [0.25, 0.3) is 0 Å². The van der Waals surface area contributed by atoms with Gasteiger partial charge in [-0.15, -0.1) is 0 Å². The predicted molar refractivity (Wildman–Crippen MR) is 90.1 cm³/mol. The minimum Gasteiger partial charge on any atom is -0.480 e. The van der Waals surface area contributed by atoms with Crippen LogP contribution in [-0.2, 0) is 26.0 Å². The summed E-state index contributed by atoms with van der Waals surface area (Å²) in [7, 11) is -3.49. The number of carboxylic acids is 1. The highest BCUT2D eigenvalue weighted by atomic mass is 32.2. The lowest BCUT2D eigenvalue weighted by molar-refractivity contribution is -0.141. The van der Waals surface area contributed by atoms with Crippen molar-refractivity contribution in [2.75, 3.05) is 13.1 Å². The molecule has 8 heteroatoms. The highest BCUT2D eigenvalue weighted by Crippen LogP contribution is 2.16. The summed E-state index contributed by atoms with van der Waals surface area (Å²) in [6.07, 6.45) is 0.545. The molecule has 0 aromatic heterocycles. The highest BCUT2D eigenvalue weighted by Gasteiger charge is 2.21. The molecule has 1 aromatic rings. The molecule has 0 saturated heterocycles.